The molecule has 0 atom stereocenters. The molecule has 108 valence electrons. The molecule has 0 saturated heterocycles. The first-order chi connectivity index (χ1) is 9.97. The van der Waals surface area contributed by atoms with Gasteiger partial charge in [0.15, 0.2) is 0 Å². The molecule has 0 aliphatic rings. The molecule has 21 heavy (non-hydrogen) atoms. The lowest BCUT2D eigenvalue weighted by molar-refractivity contribution is -0.385. The number of nitro benzene ring substituents is 1. The van der Waals surface area contributed by atoms with E-state index in [4.69, 9.17) is 5.73 Å². The minimum absolute atomic E-state index is 0.0463. The molecule has 0 bridgehead atoms. The van der Waals surface area contributed by atoms with Gasteiger partial charge in [0.2, 0.25) is 0 Å². The summed E-state index contributed by atoms with van der Waals surface area (Å²) in [4.78, 5) is 22.4. The molecule has 0 fully saturated rings. The van der Waals surface area contributed by atoms with E-state index >= 15 is 0 Å². The van der Waals surface area contributed by atoms with E-state index in [0.29, 0.717) is 5.69 Å². The van der Waals surface area contributed by atoms with Gasteiger partial charge in [-0.25, -0.2) is 0 Å². The maximum atomic E-state index is 12.1. The first-order valence-electron chi connectivity index (χ1n) is 6.04. The molecule has 0 unspecified atom stereocenters. The summed E-state index contributed by atoms with van der Waals surface area (Å²) in [5.74, 6) is -0.533. The van der Waals surface area contributed by atoms with Gasteiger partial charge in [0.05, 0.1) is 4.92 Å². The first kappa shape index (κ1) is 15.0. The van der Waals surface area contributed by atoms with Gasteiger partial charge >= 0.3 is 0 Å². The number of amides is 1. The van der Waals surface area contributed by atoms with Crippen LogP contribution in [0.25, 0.3) is 0 Å². The lowest BCUT2D eigenvalue weighted by Gasteiger charge is -2.07. The number of carbonyl (C=O) groups excluding carboxylic acids is 1. The second kappa shape index (κ2) is 6.36. The molecule has 0 radical (unpaired) electrons. The summed E-state index contributed by atoms with van der Waals surface area (Å²) in [7, 11) is 0. The molecule has 7 heteroatoms. The number of carbonyl (C=O) groups is 1. The van der Waals surface area contributed by atoms with E-state index in [1.165, 1.54) is 18.2 Å². The van der Waals surface area contributed by atoms with E-state index in [1.54, 1.807) is 0 Å². The van der Waals surface area contributed by atoms with Crippen LogP contribution in [0.15, 0.2) is 46.9 Å². The summed E-state index contributed by atoms with van der Waals surface area (Å²) >= 11 is 3.34. The zero-order valence-electron chi connectivity index (χ0n) is 10.9. The van der Waals surface area contributed by atoms with Crippen LogP contribution in [0, 0.1) is 10.1 Å². The number of nitrogen functional groups attached to an aromatic ring is 1. The van der Waals surface area contributed by atoms with Crippen molar-refractivity contribution < 1.29 is 9.72 Å². The van der Waals surface area contributed by atoms with Crippen molar-refractivity contribution in [2.24, 2.45) is 0 Å². The van der Waals surface area contributed by atoms with Crippen LogP contribution < -0.4 is 11.1 Å². The SMILES string of the molecule is Nc1ccc([N+](=O)[O-])c(C(=O)NCc2cccc(Br)c2)c1. The average molecular weight is 350 g/mol. The summed E-state index contributed by atoms with van der Waals surface area (Å²) < 4.78 is 0.893. The van der Waals surface area contributed by atoms with E-state index in [-0.39, 0.29) is 17.8 Å². The van der Waals surface area contributed by atoms with Crippen LogP contribution in [0.1, 0.15) is 15.9 Å². The van der Waals surface area contributed by atoms with E-state index in [1.807, 2.05) is 24.3 Å². The van der Waals surface area contributed by atoms with Crippen molar-refractivity contribution >= 4 is 33.2 Å². The number of nitrogens with two attached hydrogens (primary N) is 1. The lowest BCUT2D eigenvalue weighted by Crippen LogP contribution is -2.23. The van der Waals surface area contributed by atoms with Gasteiger partial charge in [-0.3, -0.25) is 14.9 Å². The first-order valence-corrected chi connectivity index (χ1v) is 6.83. The van der Waals surface area contributed by atoms with E-state index < -0.39 is 10.8 Å². The minimum atomic E-state index is -0.604. The van der Waals surface area contributed by atoms with Gasteiger partial charge in [0, 0.05) is 22.8 Å². The fourth-order valence-electron chi connectivity index (χ4n) is 1.82. The molecule has 2 rings (SSSR count). The second-order valence-electron chi connectivity index (χ2n) is 4.35. The van der Waals surface area contributed by atoms with Crippen molar-refractivity contribution in [3.63, 3.8) is 0 Å². The van der Waals surface area contributed by atoms with Gasteiger partial charge in [-0.15, -0.1) is 0 Å². The molecular formula is C14H12BrN3O3. The molecule has 0 heterocycles. The Morgan fingerprint density at radius 2 is 2.05 bits per heavy atom. The number of hydrogen-bond donors (Lipinski definition) is 2. The highest BCUT2D eigenvalue weighted by atomic mass is 79.9. The number of rotatable bonds is 4. The van der Waals surface area contributed by atoms with Crippen LogP contribution in [0.3, 0.4) is 0 Å². The molecule has 0 spiro atoms. The standard InChI is InChI=1S/C14H12BrN3O3/c15-10-3-1-2-9(6-10)8-17-14(19)12-7-11(16)4-5-13(12)18(20)21/h1-7H,8,16H2,(H,17,19). The van der Waals surface area contributed by atoms with Crippen molar-refractivity contribution in [1.82, 2.24) is 5.32 Å². The molecule has 0 aliphatic carbocycles. The van der Waals surface area contributed by atoms with Gasteiger partial charge in [-0.05, 0) is 29.8 Å². The highest BCUT2D eigenvalue weighted by molar-refractivity contribution is 9.10. The van der Waals surface area contributed by atoms with Crippen LogP contribution in [0.4, 0.5) is 11.4 Å². The summed E-state index contributed by atoms with van der Waals surface area (Å²) in [6.07, 6.45) is 0. The minimum Gasteiger partial charge on any atom is -0.399 e. The summed E-state index contributed by atoms with van der Waals surface area (Å²) in [6.45, 7) is 0.268. The number of nitrogens with zero attached hydrogens (tertiary/aromatic N) is 1. The molecule has 0 aromatic heterocycles. The lowest BCUT2D eigenvalue weighted by atomic mass is 10.1. The number of halogens is 1. The van der Waals surface area contributed by atoms with Crippen molar-refractivity contribution in [2.45, 2.75) is 6.54 Å². The molecule has 0 saturated carbocycles. The Morgan fingerprint density at radius 1 is 1.29 bits per heavy atom. The number of benzene rings is 2. The largest absolute Gasteiger partial charge is 0.399 e. The van der Waals surface area contributed by atoms with Crippen LogP contribution in [0.2, 0.25) is 0 Å². The summed E-state index contributed by atoms with van der Waals surface area (Å²) in [5.41, 5.74) is 6.45. The fourth-order valence-corrected chi connectivity index (χ4v) is 2.27. The topological polar surface area (TPSA) is 98.3 Å². The van der Waals surface area contributed by atoms with Gasteiger partial charge in [-0.1, -0.05) is 28.1 Å². The zero-order chi connectivity index (χ0) is 15.4. The molecular weight excluding hydrogens is 338 g/mol. The maximum absolute atomic E-state index is 12.1. The van der Waals surface area contributed by atoms with Crippen LogP contribution in [-0.2, 0) is 6.54 Å². The smallest absolute Gasteiger partial charge is 0.282 e. The Hall–Kier alpha value is -2.41. The Morgan fingerprint density at radius 3 is 2.71 bits per heavy atom. The van der Waals surface area contributed by atoms with Gasteiger partial charge in [0.25, 0.3) is 11.6 Å². The Labute approximate surface area is 129 Å². The van der Waals surface area contributed by atoms with Gasteiger partial charge < -0.3 is 11.1 Å². The average Bonchev–Trinajstić information content (AvgIpc) is 2.44. The Kier molecular flexibility index (Phi) is 4.54. The quantitative estimate of drug-likeness (QED) is 0.503. The van der Waals surface area contributed by atoms with Crippen LogP contribution in [-0.4, -0.2) is 10.8 Å². The third-order valence-corrected chi connectivity index (χ3v) is 3.30. The molecule has 2 aromatic carbocycles. The third kappa shape index (κ3) is 3.79. The number of hydrogen-bond acceptors (Lipinski definition) is 4. The summed E-state index contributed by atoms with van der Waals surface area (Å²) in [6, 6.07) is 11.3. The van der Waals surface area contributed by atoms with E-state index in [0.717, 1.165) is 10.0 Å². The highest BCUT2D eigenvalue weighted by Gasteiger charge is 2.20. The molecule has 2 aromatic rings. The maximum Gasteiger partial charge on any atom is 0.282 e. The number of nitrogens with one attached hydrogen (secondary N) is 1. The highest BCUT2D eigenvalue weighted by Crippen LogP contribution is 2.21. The predicted molar refractivity (Wildman–Crippen MR) is 82.8 cm³/mol. The zero-order valence-corrected chi connectivity index (χ0v) is 12.5. The van der Waals surface area contributed by atoms with E-state index in [2.05, 4.69) is 21.2 Å². The second-order valence-corrected chi connectivity index (χ2v) is 5.26. The molecule has 1 amide bonds. The van der Waals surface area contributed by atoms with Gasteiger partial charge in [0.1, 0.15) is 5.56 Å². The van der Waals surface area contributed by atoms with Crippen molar-refractivity contribution in [2.75, 3.05) is 5.73 Å². The molecule has 0 aliphatic heterocycles. The Bertz CT molecular complexity index is 704. The normalized spacial score (nSPS) is 10.1. The number of anilines is 1. The van der Waals surface area contributed by atoms with Crippen molar-refractivity contribution in [1.29, 1.82) is 0 Å². The Balaban J connectivity index is 2.17. The van der Waals surface area contributed by atoms with Gasteiger partial charge in [-0.2, -0.15) is 0 Å². The van der Waals surface area contributed by atoms with Crippen LogP contribution >= 0.6 is 15.9 Å². The summed E-state index contributed by atoms with van der Waals surface area (Å²) in [5, 5.41) is 13.6. The fraction of sp³-hybridized carbons (Fsp3) is 0.0714. The van der Waals surface area contributed by atoms with Crippen molar-refractivity contribution in [3.8, 4) is 0 Å². The molecule has 3 N–H and O–H groups in total. The predicted octanol–water partition coefficient (Wildman–Crippen LogP) is 2.87. The monoisotopic (exact) mass is 349 g/mol. The van der Waals surface area contributed by atoms with Crippen LogP contribution in [0.5, 0.6) is 0 Å². The molecule has 6 nitrogen and oxygen atoms in total. The van der Waals surface area contributed by atoms with Crippen molar-refractivity contribution in [3.05, 3.63) is 68.2 Å². The van der Waals surface area contributed by atoms with E-state index in [9.17, 15) is 14.9 Å². The number of nitro groups is 1. The third-order valence-electron chi connectivity index (χ3n) is 2.80.